The second-order valence-corrected chi connectivity index (χ2v) is 3.05. The molecule has 4 nitrogen and oxygen atoms in total. The number of methoxy groups -OCH3 is 1. The van der Waals surface area contributed by atoms with Crippen LogP contribution in [0.4, 0.5) is 0 Å². The monoisotopic (exact) mass is 174 g/mol. The molecule has 1 rings (SSSR count). The van der Waals surface area contributed by atoms with Crippen molar-refractivity contribution in [3.8, 4) is 5.19 Å². The van der Waals surface area contributed by atoms with Crippen LogP contribution in [-0.2, 0) is 0 Å². The molecule has 0 aromatic carbocycles. The maximum absolute atomic E-state index is 8.68. The predicted molar refractivity (Wildman–Crippen MR) is 42.7 cm³/mol. The first kappa shape index (κ1) is 8.45. The molecule has 0 bridgehead atoms. The van der Waals surface area contributed by atoms with E-state index in [1.807, 2.05) is 0 Å². The zero-order valence-electron chi connectivity index (χ0n) is 6.15. The molecule has 1 atom stereocenters. The second kappa shape index (κ2) is 3.66. The number of hydrogen-bond acceptors (Lipinski definition) is 5. The minimum Gasteiger partial charge on any atom is -0.473 e. The number of aromatic nitrogens is 1. The maximum atomic E-state index is 8.68. The van der Waals surface area contributed by atoms with E-state index in [2.05, 4.69) is 4.98 Å². The summed E-state index contributed by atoms with van der Waals surface area (Å²) in [5.74, 6) is 0. The highest BCUT2D eigenvalue weighted by molar-refractivity contribution is 7.13. The molecule has 62 valence electrons. The molecule has 1 aromatic rings. The number of thiazole rings is 1. The van der Waals surface area contributed by atoms with Gasteiger partial charge in [0.25, 0.3) is 5.19 Å². The third kappa shape index (κ3) is 1.89. The van der Waals surface area contributed by atoms with Crippen molar-refractivity contribution in [1.82, 2.24) is 4.98 Å². The van der Waals surface area contributed by atoms with Gasteiger partial charge in [0.1, 0.15) is 0 Å². The molecule has 0 fully saturated rings. The SMILES string of the molecule is COc1ncc(C(N)CO)s1. The fourth-order valence-electron chi connectivity index (χ4n) is 0.626. The summed E-state index contributed by atoms with van der Waals surface area (Å²) >= 11 is 1.35. The van der Waals surface area contributed by atoms with Crippen molar-refractivity contribution in [2.75, 3.05) is 13.7 Å². The number of nitrogens with zero attached hydrogens (tertiary/aromatic N) is 1. The minimum atomic E-state index is -0.337. The Labute approximate surface area is 68.6 Å². The average Bonchev–Trinajstić information content (AvgIpc) is 2.50. The van der Waals surface area contributed by atoms with Crippen molar-refractivity contribution in [3.63, 3.8) is 0 Å². The molecule has 1 unspecified atom stereocenters. The van der Waals surface area contributed by atoms with Gasteiger partial charge in [-0.05, 0) is 0 Å². The van der Waals surface area contributed by atoms with Gasteiger partial charge >= 0.3 is 0 Å². The molecule has 0 aliphatic heterocycles. The number of aliphatic hydroxyl groups is 1. The lowest BCUT2D eigenvalue weighted by Crippen LogP contribution is -2.12. The number of aliphatic hydroxyl groups excluding tert-OH is 1. The van der Waals surface area contributed by atoms with Crippen LogP contribution in [0.1, 0.15) is 10.9 Å². The highest BCUT2D eigenvalue weighted by Crippen LogP contribution is 2.23. The largest absolute Gasteiger partial charge is 0.473 e. The molecule has 0 aliphatic carbocycles. The summed E-state index contributed by atoms with van der Waals surface area (Å²) in [7, 11) is 1.55. The third-order valence-electron chi connectivity index (χ3n) is 1.24. The quantitative estimate of drug-likeness (QED) is 0.684. The highest BCUT2D eigenvalue weighted by atomic mass is 32.1. The first-order valence-corrected chi connectivity index (χ1v) is 3.95. The van der Waals surface area contributed by atoms with Crippen molar-refractivity contribution in [3.05, 3.63) is 11.1 Å². The maximum Gasteiger partial charge on any atom is 0.273 e. The van der Waals surface area contributed by atoms with Crippen LogP contribution in [0.3, 0.4) is 0 Å². The molecule has 3 N–H and O–H groups in total. The molecule has 5 heteroatoms. The first-order valence-electron chi connectivity index (χ1n) is 3.14. The first-order chi connectivity index (χ1) is 5.27. The molecule has 1 heterocycles. The Bertz CT molecular complexity index is 226. The third-order valence-corrected chi connectivity index (χ3v) is 2.33. The van der Waals surface area contributed by atoms with Crippen LogP contribution in [0, 0.1) is 0 Å². The van der Waals surface area contributed by atoms with E-state index in [-0.39, 0.29) is 12.6 Å². The summed E-state index contributed by atoms with van der Waals surface area (Å²) in [6, 6.07) is -0.337. The van der Waals surface area contributed by atoms with Crippen molar-refractivity contribution in [2.45, 2.75) is 6.04 Å². The number of rotatable bonds is 3. The standard InChI is InChI=1S/C6H10N2O2S/c1-10-6-8-2-5(11-6)4(7)3-9/h2,4,9H,3,7H2,1H3. The van der Waals surface area contributed by atoms with Crippen molar-refractivity contribution < 1.29 is 9.84 Å². The molecular weight excluding hydrogens is 164 g/mol. The van der Waals surface area contributed by atoms with Gasteiger partial charge in [0, 0.05) is 11.1 Å². The lowest BCUT2D eigenvalue weighted by molar-refractivity contribution is 0.269. The van der Waals surface area contributed by atoms with E-state index < -0.39 is 0 Å². The average molecular weight is 174 g/mol. The number of nitrogens with two attached hydrogens (primary N) is 1. The Balaban J connectivity index is 2.71. The second-order valence-electron chi connectivity index (χ2n) is 2.02. The lowest BCUT2D eigenvalue weighted by Gasteiger charge is -2.01. The zero-order valence-corrected chi connectivity index (χ0v) is 6.97. The van der Waals surface area contributed by atoms with Gasteiger partial charge in [0.2, 0.25) is 0 Å². The van der Waals surface area contributed by atoms with Gasteiger partial charge < -0.3 is 15.6 Å². The Morgan fingerprint density at radius 1 is 1.91 bits per heavy atom. The van der Waals surface area contributed by atoms with Crippen molar-refractivity contribution in [2.24, 2.45) is 5.73 Å². The van der Waals surface area contributed by atoms with Gasteiger partial charge in [-0.3, -0.25) is 0 Å². The van der Waals surface area contributed by atoms with Crippen LogP contribution in [0.25, 0.3) is 0 Å². The van der Waals surface area contributed by atoms with Crippen LogP contribution in [0.15, 0.2) is 6.20 Å². The number of ether oxygens (including phenoxy) is 1. The summed E-state index contributed by atoms with van der Waals surface area (Å²) < 4.78 is 4.86. The predicted octanol–water partition coefficient (Wildman–Crippen LogP) is 0.144. The fraction of sp³-hybridized carbons (Fsp3) is 0.500. The van der Waals surface area contributed by atoms with E-state index in [1.165, 1.54) is 11.3 Å². The van der Waals surface area contributed by atoms with E-state index in [0.717, 1.165) is 4.88 Å². The summed E-state index contributed by atoms with van der Waals surface area (Å²) in [5.41, 5.74) is 5.53. The topological polar surface area (TPSA) is 68.4 Å². The van der Waals surface area contributed by atoms with Gasteiger partial charge in [0.15, 0.2) is 0 Å². The van der Waals surface area contributed by atoms with Crippen LogP contribution < -0.4 is 10.5 Å². The van der Waals surface area contributed by atoms with Gasteiger partial charge in [0.05, 0.1) is 19.8 Å². The normalized spacial score (nSPS) is 13.0. The van der Waals surface area contributed by atoms with E-state index in [4.69, 9.17) is 15.6 Å². The van der Waals surface area contributed by atoms with Crippen molar-refractivity contribution in [1.29, 1.82) is 0 Å². The van der Waals surface area contributed by atoms with Crippen LogP contribution in [0.2, 0.25) is 0 Å². The number of hydrogen-bond donors (Lipinski definition) is 2. The smallest absolute Gasteiger partial charge is 0.273 e. The van der Waals surface area contributed by atoms with Gasteiger partial charge in [-0.15, -0.1) is 0 Å². The highest BCUT2D eigenvalue weighted by Gasteiger charge is 2.08. The van der Waals surface area contributed by atoms with E-state index >= 15 is 0 Å². The molecular formula is C6H10N2O2S. The molecule has 1 aromatic heterocycles. The molecule has 0 amide bonds. The molecule has 0 aliphatic rings. The fourth-order valence-corrected chi connectivity index (χ4v) is 1.35. The van der Waals surface area contributed by atoms with Gasteiger partial charge in [-0.2, -0.15) is 0 Å². The van der Waals surface area contributed by atoms with Gasteiger partial charge in [-0.25, -0.2) is 4.98 Å². The molecule has 0 radical (unpaired) electrons. The molecule has 0 spiro atoms. The molecule has 0 saturated heterocycles. The van der Waals surface area contributed by atoms with Crippen LogP contribution in [0.5, 0.6) is 5.19 Å². The summed E-state index contributed by atoms with van der Waals surface area (Å²) in [6.45, 7) is -0.0641. The summed E-state index contributed by atoms with van der Waals surface area (Å²) in [4.78, 5) is 4.75. The Morgan fingerprint density at radius 2 is 2.64 bits per heavy atom. The van der Waals surface area contributed by atoms with Crippen molar-refractivity contribution >= 4 is 11.3 Å². The van der Waals surface area contributed by atoms with E-state index in [0.29, 0.717) is 5.19 Å². The summed E-state index contributed by atoms with van der Waals surface area (Å²) in [5, 5.41) is 9.26. The Morgan fingerprint density at radius 3 is 3.09 bits per heavy atom. The van der Waals surface area contributed by atoms with Crippen LogP contribution in [-0.4, -0.2) is 23.8 Å². The summed E-state index contributed by atoms with van der Waals surface area (Å²) in [6.07, 6.45) is 1.62. The minimum absolute atomic E-state index is 0.0641. The molecule has 0 saturated carbocycles. The van der Waals surface area contributed by atoms with E-state index in [9.17, 15) is 0 Å². The Hall–Kier alpha value is -0.650. The van der Waals surface area contributed by atoms with E-state index in [1.54, 1.807) is 13.3 Å². The van der Waals surface area contributed by atoms with Crippen LogP contribution >= 0.6 is 11.3 Å². The molecule has 11 heavy (non-hydrogen) atoms. The Kier molecular flexibility index (Phi) is 2.81. The lowest BCUT2D eigenvalue weighted by atomic mass is 10.3. The van der Waals surface area contributed by atoms with Gasteiger partial charge in [-0.1, -0.05) is 11.3 Å². The zero-order chi connectivity index (χ0) is 8.27.